The third-order valence-electron chi connectivity index (χ3n) is 3.38. The van der Waals surface area contributed by atoms with Crippen molar-refractivity contribution < 1.29 is 17.9 Å². The molecular weight excluding hydrogens is 432 g/mol. The smallest absolute Gasteiger partial charge is 0.249 e. The number of carbonyl (C=O) groups is 1. The van der Waals surface area contributed by atoms with Crippen molar-refractivity contribution in [3.05, 3.63) is 23.2 Å². The van der Waals surface area contributed by atoms with Crippen molar-refractivity contribution in [3.63, 3.8) is 0 Å². The van der Waals surface area contributed by atoms with Gasteiger partial charge in [0.2, 0.25) is 21.1 Å². The molecule has 0 aliphatic rings. The molecule has 8 nitrogen and oxygen atoms in total. The van der Waals surface area contributed by atoms with E-state index in [-0.39, 0.29) is 10.7 Å². The summed E-state index contributed by atoms with van der Waals surface area (Å²) in [7, 11) is -2.30. The summed E-state index contributed by atoms with van der Waals surface area (Å²) >= 11 is 8.84. The molecule has 1 aromatic carbocycles. The highest BCUT2D eigenvalue weighted by Gasteiger charge is 2.30. The Morgan fingerprint density at radius 3 is 2.70 bits per heavy atom. The van der Waals surface area contributed by atoms with Crippen LogP contribution in [0.1, 0.15) is 13.8 Å². The first-order chi connectivity index (χ1) is 12.7. The Kier molecular flexibility index (Phi) is 7.32. The summed E-state index contributed by atoms with van der Waals surface area (Å²) in [5.41, 5.74) is 0.255. The van der Waals surface area contributed by atoms with Gasteiger partial charge in [0.25, 0.3) is 0 Å². The summed E-state index contributed by atoms with van der Waals surface area (Å²) in [5, 5.41) is 11.0. The van der Waals surface area contributed by atoms with Gasteiger partial charge < -0.3 is 4.74 Å². The molecule has 0 spiro atoms. The molecule has 0 aliphatic carbocycles. The van der Waals surface area contributed by atoms with Crippen LogP contribution in [0, 0.1) is 0 Å². The Balaban J connectivity index is 2.27. The number of nitrogens with zero attached hydrogens (tertiary/aromatic N) is 3. The molecule has 0 bridgehead atoms. The second-order valence-corrected chi connectivity index (χ2v) is 10.1. The number of halogens is 1. The minimum atomic E-state index is -3.76. The lowest BCUT2D eigenvalue weighted by atomic mass is 10.2. The number of nitrogens with one attached hydrogen (secondary N) is 1. The van der Waals surface area contributed by atoms with Crippen molar-refractivity contribution in [2.45, 2.75) is 24.2 Å². The van der Waals surface area contributed by atoms with Crippen molar-refractivity contribution >= 4 is 61.4 Å². The molecule has 148 valence electrons. The van der Waals surface area contributed by atoms with E-state index in [1.807, 2.05) is 6.92 Å². The van der Waals surface area contributed by atoms with Gasteiger partial charge in [0, 0.05) is 0 Å². The Morgan fingerprint density at radius 1 is 1.44 bits per heavy atom. The van der Waals surface area contributed by atoms with Crippen LogP contribution < -0.4 is 14.4 Å². The topological polar surface area (TPSA) is 101 Å². The third-order valence-corrected chi connectivity index (χ3v) is 6.77. The SMILES string of the molecule is CCSc1nnc(NC(=O)C(C)N(c2ccc(OC)c(Cl)c2)S(C)(=O)=O)s1. The number of carbonyl (C=O) groups excluding carboxylic acids is 1. The van der Waals surface area contributed by atoms with Crippen LogP contribution in [-0.4, -0.2) is 49.7 Å². The maximum absolute atomic E-state index is 12.6. The van der Waals surface area contributed by atoms with Crippen molar-refractivity contribution in [3.8, 4) is 5.75 Å². The van der Waals surface area contributed by atoms with Crippen LogP contribution in [-0.2, 0) is 14.8 Å². The molecule has 0 radical (unpaired) electrons. The Morgan fingerprint density at radius 2 is 2.15 bits per heavy atom. The van der Waals surface area contributed by atoms with E-state index in [0.717, 1.165) is 20.7 Å². The van der Waals surface area contributed by atoms with Crippen LogP contribution in [0.25, 0.3) is 0 Å². The maximum Gasteiger partial charge on any atom is 0.249 e. The van der Waals surface area contributed by atoms with Crippen LogP contribution in [0.15, 0.2) is 22.5 Å². The van der Waals surface area contributed by atoms with Gasteiger partial charge in [-0.3, -0.25) is 14.4 Å². The molecule has 1 unspecified atom stereocenters. The Labute approximate surface area is 171 Å². The van der Waals surface area contributed by atoms with Gasteiger partial charge in [0.15, 0.2) is 4.34 Å². The standard InChI is InChI=1S/C15H19ClN4O4S3/c1-5-25-15-19-18-14(26-15)17-13(21)9(2)20(27(4,22)23)10-6-7-12(24-3)11(16)8-10/h6-9H,5H2,1-4H3,(H,17,18,21). The molecule has 0 aliphatic heterocycles. The molecule has 0 saturated heterocycles. The Hall–Kier alpha value is -1.56. The number of aromatic nitrogens is 2. The summed E-state index contributed by atoms with van der Waals surface area (Å²) < 4.78 is 31.5. The summed E-state index contributed by atoms with van der Waals surface area (Å²) in [4.78, 5) is 12.6. The molecule has 1 amide bonds. The van der Waals surface area contributed by atoms with E-state index in [9.17, 15) is 13.2 Å². The number of hydrogen-bond donors (Lipinski definition) is 1. The zero-order valence-corrected chi connectivity index (χ0v) is 18.3. The zero-order valence-electron chi connectivity index (χ0n) is 15.1. The lowest BCUT2D eigenvalue weighted by molar-refractivity contribution is -0.116. The fraction of sp³-hybridized carbons (Fsp3) is 0.400. The first-order valence-electron chi connectivity index (χ1n) is 7.77. The fourth-order valence-electron chi connectivity index (χ4n) is 2.25. The van der Waals surface area contributed by atoms with Gasteiger partial charge in [0.05, 0.1) is 24.1 Å². The van der Waals surface area contributed by atoms with Crippen LogP contribution in [0.2, 0.25) is 5.02 Å². The number of thioether (sulfide) groups is 1. The predicted octanol–water partition coefficient (Wildman–Crippen LogP) is 3.11. The van der Waals surface area contributed by atoms with Gasteiger partial charge in [0.1, 0.15) is 11.8 Å². The molecule has 1 heterocycles. The van der Waals surface area contributed by atoms with E-state index in [0.29, 0.717) is 10.9 Å². The van der Waals surface area contributed by atoms with Crippen LogP contribution >= 0.6 is 34.7 Å². The monoisotopic (exact) mass is 450 g/mol. The van der Waals surface area contributed by atoms with Gasteiger partial charge in [-0.05, 0) is 30.9 Å². The van der Waals surface area contributed by atoms with Gasteiger partial charge in [-0.1, -0.05) is 41.6 Å². The highest BCUT2D eigenvalue weighted by Crippen LogP contribution is 2.31. The second-order valence-electron chi connectivity index (χ2n) is 5.35. The minimum absolute atomic E-state index is 0.238. The highest BCUT2D eigenvalue weighted by atomic mass is 35.5. The fourth-order valence-corrected chi connectivity index (χ4v) is 5.32. The maximum atomic E-state index is 12.6. The average Bonchev–Trinajstić information content (AvgIpc) is 3.01. The molecule has 1 atom stereocenters. The molecule has 1 N–H and O–H groups in total. The van der Waals surface area contributed by atoms with Gasteiger partial charge in [-0.25, -0.2) is 8.42 Å². The lowest BCUT2D eigenvalue weighted by Crippen LogP contribution is -2.45. The highest BCUT2D eigenvalue weighted by molar-refractivity contribution is 8.01. The molecule has 1 aromatic heterocycles. The van der Waals surface area contributed by atoms with E-state index in [1.54, 1.807) is 6.07 Å². The number of methoxy groups -OCH3 is 1. The van der Waals surface area contributed by atoms with Gasteiger partial charge >= 0.3 is 0 Å². The van der Waals surface area contributed by atoms with Crippen LogP contribution in [0.5, 0.6) is 5.75 Å². The average molecular weight is 451 g/mol. The summed E-state index contributed by atoms with van der Waals surface area (Å²) in [5.74, 6) is 0.705. The molecule has 2 aromatic rings. The molecule has 0 fully saturated rings. The number of ether oxygens (including phenoxy) is 1. The van der Waals surface area contributed by atoms with E-state index >= 15 is 0 Å². The van der Waals surface area contributed by atoms with Gasteiger partial charge in [-0.15, -0.1) is 10.2 Å². The van der Waals surface area contributed by atoms with E-state index in [2.05, 4.69) is 15.5 Å². The third kappa shape index (κ3) is 5.47. The van der Waals surface area contributed by atoms with Crippen molar-refractivity contribution in [1.29, 1.82) is 0 Å². The molecular formula is C15H19ClN4O4S3. The van der Waals surface area contributed by atoms with E-state index < -0.39 is 22.0 Å². The summed E-state index contributed by atoms with van der Waals surface area (Å²) in [6.07, 6.45) is 1.02. The first kappa shape index (κ1) is 21.7. The van der Waals surface area contributed by atoms with Crippen molar-refractivity contribution in [1.82, 2.24) is 10.2 Å². The number of sulfonamides is 1. The summed E-state index contributed by atoms with van der Waals surface area (Å²) in [6, 6.07) is 3.47. The molecule has 2 rings (SSSR count). The normalized spacial score (nSPS) is 12.5. The van der Waals surface area contributed by atoms with E-state index in [4.69, 9.17) is 16.3 Å². The number of benzene rings is 1. The number of rotatable bonds is 8. The Bertz CT molecular complexity index is 920. The zero-order chi connectivity index (χ0) is 20.2. The number of hydrogen-bond acceptors (Lipinski definition) is 8. The van der Waals surface area contributed by atoms with Crippen molar-refractivity contribution in [2.24, 2.45) is 0 Å². The van der Waals surface area contributed by atoms with Crippen LogP contribution in [0.4, 0.5) is 10.8 Å². The molecule has 12 heteroatoms. The largest absolute Gasteiger partial charge is 0.495 e. The number of anilines is 2. The van der Waals surface area contributed by atoms with Gasteiger partial charge in [-0.2, -0.15) is 0 Å². The number of amides is 1. The first-order valence-corrected chi connectivity index (χ1v) is 11.8. The summed E-state index contributed by atoms with van der Waals surface area (Å²) in [6.45, 7) is 3.47. The predicted molar refractivity (Wildman–Crippen MR) is 110 cm³/mol. The second kappa shape index (κ2) is 9.09. The molecule has 27 heavy (non-hydrogen) atoms. The lowest BCUT2D eigenvalue weighted by Gasteiger charge is -2.28. The van der Waals surface area contributed by atoms with Crippen LogP contribution in [0.3, 0.4) is 0 Å². The van der Waals surface area contributed by atoms with Crippen molar-refractivity contribution in [2.75, 3.05) is 28.7 Å². The molecule has 0 saturated carbocycles. The quantitative estimate of drug-likeness (QED) is 0.487. The van der Waals surface area contributed by atoms with E-state index in [1.165, 1.54) is 49.3 Å². The minimum Gasteiger partial charge on any atom is -0.495 e.